The number of ether oxygens (including phenoxy) is 4. The summed E-state index contributed by atoms with van der Waals surface area (Å²) in [4.78, 5) is 26.4. The summed E-state index contributed by atoms with van der Waals surface area (Å²) >= 11 is 0. The number of carbonyl (C=O) groups excluding carboxylic acids is 2. The maximum Gasteiger partial charge on any atom is 0.296 e. The molecule has 2 amide bonds. The fourth-order valence-corrected chi connectivity index (χ4v) is 3.30. The number of imide groups is 1. The molecule has 1 N–H and O–H groups in total. The Morgan fingerprint density at radius 3 is 1.93 bits per heavy atom. The largest absolute Gasteiger partial charge is 0.502 e. The summed E-state index contributed by atoms with van der Waals surface area (Å²) in [6.07, 6.45) is 0.393. The van der Waals surface area contributed by atoms with Gasteiger partial charge >= 0.3 is 0 Å². The predicted octanol–water partition coefficient (Wildman–Crippen LogP) is 2.60. The highest BCUT2D eigenvalue weighted by Gasteiger charge is 2.39. The van der Waals surface area contributed by atoms with Gasteiger partial charge in [-0.25, -0.2) is 0 Å². The van der Waals surface area contributed by atoms with Gasteiger partial charge in [0.05, 0.1) is 34.0 Å². The van der Waals surface area contributed by atoms with Crippen LogP contribution in [0.4, 0.5) is 0 Å². The van der Waals surface area contributed by atoms with Crippen molar-refractivity contribution in [1.82, 2.24) is 4.90 Å². The molecule has 30 heavy (non-hydrogen) atoms. The number of nitrogens with zero attached hydrogens (tertiary/aromatic N) is 1. The summed E-state index contributed by atoms with van der Waals surface area (Å²) in [5.74, 6) is 0.128. The van der Waals surface area contributed by atoms with Crippen molar-refractivity contribution in [2.24, 2.45) is 0 Å². The number of rotatable bonds is 8. The zero-order valence-electron chi connectivity index (χ0n) is 17.2. The van der Waals surface area contributed by atoms with Gasteiger partial charge in [-0.05, 0) is 41.8 Å². The molecule has 2 aromatic rings. The van der Waals surface area contributed by atoms with Crippen LogP contribution < -0.4 is 18.9 Å². The van der Waals surface area contributed by atoms with Crippen LogP contribution in [-0.2, 0) is 16.0 Å². The molecule has 3 rings (SSSR count). The standard InChI is InChI=1S/C22H23NO7/c1-27-15-7-5-13(11-17(15)29-3)9-10-23-21(25)19(20(24)22(23)26)14-6-8-16(28-2)18(12-14)30-4/h5-8,11-12,24H,9-10H2,1-4H3. The maximum atomic E-state index is 12.9. The Bertz CT molecular complexity index is 1010. The molecule has 1 aliphatic heterocycles. The smallest absolute Gasteiger partial charge is 0.296 e. The van der Waals surface area contributed by atoms with Crippen molar-refractivity contribution in [1.29, 1.82) is 0 Å². The summed E-state index contributed by atoms with van der Waals surface area (Å²) < 4.78 is 20.9. The molecule has 0 saturated carbocycles. The lowest BCUT2D eigenvalue weighted by Crippen LogP contribution is -2.33. The molecule has 1 aliphatic rings. The Kier molecular flexibility index (Phi) is 6.15. The second-order valence-electron chi connectivity index (χ2n) is 6.49. The van der Waals surface area contributed by atoms with Gasteiger partial charge in [-0.1, -0.05) is 12.1 Å². The van der Waals surface area contributed by atoms with E-state index in [0.717, 1.165) is 10.5 Å². The second kappa shape index (κ2) is 8.77. The number of benzene rings is 2. The average Bonchev–Trinajstić information content (AvgIpc) is 2.99. The molecule has 8 nitrogen and oxygen atoms in total. The summed E-state index contributed by atoms with van der Waals surface area (Å²) in [6, 6.07) is 10.1. The SMILES string of the molecule is COc1ccc(CCN2C(=O)C(O)=C(c3ccc(OC)c(OC)c3)C2=O)cc1OC. The normalized spacial score (nSPS) is 13.7. The third kappa shape index (κ3) is 3.76. The van der Waals surface area contributed by atoms with Crippen LogP contribution in [0.15, 0.2) is 42.2 Å². The molecule has 1 heterocycles. The summed E-state index contributed by atoms with van der Waals surface area (Å²) in [6.45, 7) is 0.105. The third-order valence-corrected chi connectivity index (χ3v) is 4.89. The van der Waals surface area contributed by atoms with E-state index in [2.05, 4.69) is 0 Å². The molecule has 2 aromatic carbocycles. The molecule has 0 fully saturated rings. The van der Waals surface area contributed by atoms with E-state index < -0.39 is 17.6 Å². The Morgan fingerprint density at radius 2 is 1.33 bits per heavy atom. The van der Waals surface area contributed by atoms with E-state index in [0.29, 0.717) is 35.0 Å². The minimum Gasteiger partial charge on any atom is -0.502 e. The van der Waals surface area contributed by atoms with E-state index in [-0.39, 0.29) is 12.1 Å². The minimum absolute atomic E-state index is 0.0618. The molecule has 0 atom stereocenters. The molecule has 158 valence electrons. The van der Waals surface area contributed by atoms with Crippen molar-refractivity contribution in [3.8, 4) is 23.0 Å². The monoisotopic (exact) mass is 413 g/mol. The van der Waals surface area contributed by atoms with Crippen LogP contribution in [0, 0.1) is 0 Å². The number of aliphatic hydroxyl groups is 1. The van der Waals surface area contributed by atoms with Crippen LogP contribution >= 0.6 is 0 Å². The summed E-state index contributed by atoms with van der Waals surface area (Å²) in [7, 11) is 6.04. The van der Waals surface area contributed by atoms with E-state index in [4.69, 9.17) is 18.9 Å². The van der Waals surface area contributed by atoms with Crippen molar-refractivity contribution >= 4 is 17.4 Å². The molecule has 0 aromatic heterocycles. The highest BCUT2D eigenvalue weighted by atomic mass is 16.5. The molecule has 8 heteroatoms. The Hall–Kier alpha value is -3.68. The predicted molar refractivity (Wildman–Crippen MR) is 109 cm³/mol. The van der Waals surface area contributed by atoms with Gasteiger partial charge in [-0.15, -0.1) is 0 Å². The molecule has 0 aliphatic carbocycles. The molecular formula is C22H23NO7. The molecule has 0 bridgehead atoms. The quantitative estimate of drug-likeness (QED) is 0.665. The van der Waals surface area contributed by atoms with E-state index in [1.54, 1.807) is 37.4 Å². The Morgan fingerprint density at radius 1 is 0.767 bits per heavy atom. The molecule has 0 saturated heterocycles. The molecule has 0 spiro atoms. The van der Waals surface area contributed by atoms with Crippen molar-refractivity contribution < 1.29 is 33.6 Å². The van der Waals surface area contributed by atoms with Crippen LogP contribution in [0.1, 0.15) is 11.1 Å². The third-order valence-electron chi connectivity index (χ3n) is 4.89. The Labute approximate surface area is 174 Å². The van der Waals surface area contributed by atoms with Gasteiger partial charge in [0.25, 0.3) is 11.8 Å². The second-order valence-corrected chi connectivity index (χ2v) is 6.49. The van der Waals surface area contributed by atoms with Gasteiger partial charge in [0.1, 0.15) is 0 Å². The Balaban J connectivity index is 1.81. The van der Waals surface area contributed by atoms with Gasteiger partial charge in [0.15, 0.2) is 28.8 Å². The van der Waals surface area contributed by atoms with Gasteiger partial charge in [-0.3, -0.25) is 14.5 Å². The van der Waals surface area contributed by atoms with E-state index in [1.807, 2.05) is 6.07 Å². The first-order chi connectivity index (χ1) is 14.4. The van der Waals surface area contributed by atoms with Crippen molar-refractivity contribution in [3.63, 3.8) is 0 Å². The fraction of sp³-hybridized carbons (Fsp3) is 0.273. The lowest BCUT2D eigenvalue weighted by molar-refractivity contribution is -0.138. The average molecular weight is 413 g/mol. The zero-order chi connectivity index (χ0) is 21.8. The van der Waals surface area contributed by atoms with Crippen LogP contribution in [-0.4, -0.2) is 56.8 Å². The van der Waals surface area contributed by atoms with Crippen molar-refractivity contribution in [2.75, 3.05) is 35.0 Å². The van der Waals surface area contributed by atoms with Gasteiger partial charge < -0.3 is 24.1 Å². The van der Waals surface area contributed by atoms with E-state index >= 15 is 0 Å². The fourth-order valence-electron chi connectivity index (χ4n) is 3.30. The molecular weight excluding hydrogens is 390 g/mol. The zero-order valence-corrected chi connectivity index (χ0v) is 17.2. The number of aliphatic hydroxyl groups excluding tert-OH is 1. The first-order valence-electron chi connectivity index (χ1n) is 9.17. The number of amides is 2. The summed E-state index contributed by atoms with van der Waals surface area (Å²) in [5.41, 5.74) is 1.16. The van der Waals surface area contributed by atoms with E-state index in [1.165, 1.54) is 21.3 Å². The number of hydrogen-bond acceptors (Lipinski definition) is 7. The first-order valence-corrected chi connectivity index (χ1v) is 9.17. The molecule has 0 unspecified atom stereocenters. The highest BCUT2D eigenvalue weighted by molar-refractivity contribution is 6.34. The van der Waals surface area contributed by atoms with Gasteiger partial charge in [0, 0.05) is 6.54 Å². The van der Waals surface area contributed by atoms with Gasteiger partial charge in [0.2, 0.25) is 0 Å². The topological polar surface area (TPSA) is 94.5 Å². The number of methoxy groups -OCH3 is 4. The summed E-state index contributed by atoms with van der Waals surface area (Å²) in [5, 5.41) is 10.3. The van der Waals surface area contributed by atoms with E-state index in [9.17, 15) is 14.7 Å². The van der Waals surface area contributed by atoms with Crippen LogP contribution in [0.25, 0.3) is 5.57 Å². The van der Waals surface area contributed by atoms with Crippen molar-refractivity contribution in [2.45, 2.75) is 6.42 Å². The van der Waals surface area contributed by atoms with Gasteiger partial charge in [-0.2, -0.15) is 0 Å². The minimum atomic E-state index is -0.731. The first kappa shape index (κ1) is 21.0. The van der Waals surface area contributed by atoms with Crippen LogP contribution in [0.5, 0.6) is 23.0 Å². The number of hydrogen-bond donors (Lipinski definition) is 1. The lowest BCUT2D eigenvalue weighted by atomic mass is 10.0. The van der Waals surface area contributed by atoms with Crippen LogP contribution in [0.3, 0.4) is 0 Å². The maximum absolute atomic E-state index is 12.9. The van der Waals surface area contributed by atoms with Crippen molar-refractivity contribution in [3.05, 3.63) is 53.3 Å². The highest BCUT2D eigenvalue weighted by Crippen LogP contribution is 2.35. The number of carbonyl (C=O) groups is 2. The van der Waals surface area contributed by atoms with Crippen LogP contribution in [0.2, 0.25) is 0 Å². The lowest BCUT2D eigenvalue weighted by Gasteiger charge is -2.15. The molecule has 0 radical (unpaired) electrons.